The zero-order valence-electron chi connectivity index (χ0n) is 7.62. The third kappa shape index (κ3) is 4.72. The standard InChI is InChI=1S/C8H14O2S2/c1-4-6(3)7(9)12-8(11)10-5-2/h6H,4-5H2,1-3H3/t6-/m0/s1. The van der Waals surface area contributed by atoms with Gasteiger partial charge in [0.05, 0.1) is 6.61 Å². The SMILES string of the molecule is CCOC(=S)SC(=O)[C@@H](C)CC. The molecule has 0 aromatic carbocycles. The van der Waals surface area contributed by atoms with Crippen LogP contribution in [0.1, 0.15) is 27.2 Å². The maximum Gasteiger partial charge on any atom is 0.227 e. The molecule has 0 aromatic rings. The molecule has 0 unspecified atom stereocenters. The van der Waals surface area contributed by atoms with Crippen LogP contribution in [0.25, 0.3) is 0 Å². The van der Waals surface area contributed by atoms with Crippen LogP contribution in [0.3, 0.4) is 0 Å². The van der Waals surface area contributed by atoms with Crippen molar-refractivity contribution in [2.45, 2.75) is 27.2 Å². The van der Waals surface area contributed by atoms with Gasteiger partial charge in [-0.25, -0.2) is 0 Å². The minimum absolute atomic E-state index is 0.0633. The van der Waals surface area contributed by atoms with E-state index in [0.717, 1.165) is 18.2 Å². The minimum atomic E-state index is 0.0633. The Balaban J connectivity index is 3.76. The molecule has 0 saturated heterocycles. The Morgan fingerprint density at radius 2 is 2.17 bits per heavy atom. The second-order valence-electron chi connectivity index (χ2n) is 2.41. The maximum atomic E-state index is 11.3. The van der Waals surface area contributed by atoms with E-state index in [9.17, 15) is 4.79 Å². The van der Waals surface area contributed by atoms with E-state index in [1.807, 2.05) is 20.8 Å². The molecule has 0 aliphatic carbocycles. The highest BCUT2D eigenvalue weighted by atomic mass is 32.2. The van der Waals surface area contributed by atoms with Gasteiger partial charge in [0.2, 0.25) is 4.38 Å². The summed E-state index contributed by atoms with van der Waals surface area (Å²) in [6.45, 7) is 6.25. The topological polar surface area (TPSA) is 26.3 Å². The van der Waals surface area contributed by atoms with Gasteiger partial charge in [-0.05, 0) is 37.3 Å². The summed E-state index contributed by atoms with van der Waals surface area (Å²) in [6.07, 6.45) is 0.848. The first kappa shape index (κ1) is 11.9. The number of rotatable bonds is 3. The summed E-state index contributed by atoms with van der Waals surface area (Å²) in [5.41, 5.74) is 0. The van der Waals surface area contributed by atoms with E-state index >= 15 is 0 Å². The van der Waals surface area contributed by atoms with E-state index in [1.165, 1.54) is 0 Å². The number of carbonyl (C=O) groups excluding carboxylic acids is 1. The zero-order chi connectivity index (χ0) is 9.56. The van der Waals surface area contributed by atoms with Gasteiger partial charge in [0.25, 0.3) is 0 Å². The number of hydrogen-bond donors (Lipinski definition) is 0. The fourth-order valence-electron chi connectivity index (χ4n) is 0.497. The van der Waals surface area contributed by atoms with E-state index in [0.29, 0.717) is 11.0 Å². The Hall–Kier alpha value is -0.0900. The lowest BCUT2D eigenvalue weighted by Crippen LogP contribution is -2.09. The molecule has 70 valence electrons. The summed E-state index contributed by atoms with van der Waals surface area (Å²) in [5.74, 6) is 0.0633. The lowest BCUT2D eigenvalue weighted by Gasteiger charge is -2.06. The quantitative estimate of drug-likeness (QED) is 0.663. The summed E-state index contributed by atoms with van der Waals surface area (Å²) in [5, 5.41) is 0.0935. The normalized spacial score (nSPS) is 12.2. The molecule has 0 aliphatic heterocycles. The predicted molar refractivity (Wildman–Crippen MR) is 56.3 cm³/mol. The summed E-state index contributed by atoms with van der Waals surface area (Å²) in [6, 6.07) is 0. The number of carbonyl (C=O) groups is 1. The van der Waals surface area contributed by atoms with Gasteiger partial charge < -0.3 is 4.74 Å². The van der Waals surface area contributed by atoms with Crippen LogP contribution in [0.15, 0.2) is 0 Å². The Morgan fingerprint density at radius 3 is 2.58 bits per heavy atom. The molecular formula is C8H14O2S2. The highest BCUT2D eigenvalue weighted by Crippen LogP contribution is 2.16. The van der Waals surface area contributed by atoms with E-state index in [4.69, 9.17) is 17.0 Å². The van der Waals surface area contributed by atoms with Crippen LogP contribution in [0.4, 0.5) is 0 Å². The molecule has 0 fully saturated rings. The summed E-state index contributed by atoms with van der Waals surface area (Å²) in [7, 11) is 0. The van der Waals surface area contributed by atoms with Crippen LogP contribution >= 0.6 is 24.0 Å². The van der Waals surface area contributed by atoms with Crippen LogP contribution in [0, 0.1) is 5.92 Å². The largest absolute Gasteiger partial charge is 0.479 e. The Kier molecular flexibility index (Phi) is 6.38. The van der Waals surface area contributed by atoms with Crippen molar-refractivity contribution >= 4 is 33.5 Å². The maximum absolute atomic E-state index is 11.3. The average Bonchev–Trinajstić information content (AvgIpc) is 2.03. The second kappa shape index (κ2) is 6.43. The second-order valence-corrected chi connectivity index (χ2v) is 4.02. The van der Waals surface area contributed by atoms with Crippen molar-refractivity contribution in [3.8, 4) is 0 Å². The molecule has 1 atom stereocenters. The third-order valence-corrected chi connectivity index (χ3v) is 2.72. The first-order valence-electron chi connectivity index (χ1n) is 4.00. The number of thioether (sulfide) groups is 1. The van der Waals surface area contributed by atoms with Crippen molar-refractivity contribution < 1.29 is 9.53 Å². The van der Waals surface area contributed by atoms with Gasteiger partial charge in [-0.3, -0.25) is 4.79 Å². The smallest absolute Gasteiger partial charge is 0.227 e. The molecular weight excluding hydrogens is 192 g/mol. The van der Waals surface area contributed by atoms with E-state index < -0.39 is 0 Å². The molecule has 4 heteroatoms. The van der Waals surface area contributed by atoms with Crippen molar-refractivity contribution in [1.82, 2.24) is 0 Å². The van der Waals surface area contributed by atoms with Crippen LogP contribution < -0.4 is 0 Å². The molecule has 0 saturated carbocycles. The molecule has 0 rings (SSSR count). The molecule has 0 aliphatic rings. The Bertz CT molecular complexity index is 168. The van der Waals surface area contributed by atoms with Gasteiger partial charge in [0.15, 0.2) is 5.12 Å². The fraction of sp³-hybridized carbons (Fsp3) is 0.750. The average molecular weight is 206 g/mol. The third-order valence-electron chi connectivity index (χ3n) is 1.46. The molecule has 0 heterocycles. The monoisotopic (exact) mass is 206 g/mol. The van der Waals surface area contributed by atoms with Gasteiger partial charge in [0, 0.05) is 5.92 Å². The highest BCUT2D eigenvalue weighted by molar-refractivity contribution is 8.32. The number of hydrogen-bond acceptors (Lipinski definition) is 4. The lowest BCUT2D eigenvalue weighted by molar-refractivity contribution is -0.113. The van der Waals surface area contributed by atoms with Crippen LogP contribution in [0.5, 0.6) is 0 Å². The van der Waals surface area contributed by atoms with Gasteiger partial charge >= 0.3 is 0 Å². The molecule has 0 spiro atoms. The van der Waals surface area contributed by atoms with Crippen LogP contribution in [-0.4, -0.2) is 16.1 Å². The van der Waals surface area contributed by atoms with Crippen molar-refractivity contribution in [3.63, 3.8) is 0 Å². The molecule has 0 N–H and O–H groups in total. The summed E-state index contributed by atoms with van der Waals surface area (Å²) < 4.78 is 5.32. The molecule has 0 amide bonds. The van der Waals surface area contributed by atoms with Gasteiger partial charge in [-0.2, -0.15) is 0 Å². The molecule has 2 nitrogen and oxygen atoms in total. The van der Waals surface area contributed by atoms with Gasteiger partial charge in [-0.15, -0.1) is 0 Å². The number of thiocarbonyl (C=S) groups is 1. The zero-order valence-corrected chi connectivity index (χ0v) is 9.26. The van der Waals surface area contributed by atoms with Gasteiger partial charge in [0.1, 0.15) is 0 Å². The van der Waals surface area contributed by atoms with Crippen molar-refractivity contribution in [2.75, 3.05) is 6.61 Å². The molecule has 12 heavy (non-hydrogen) atoms. The highest BCUT2D eigenvalue weighted by Gasteiger charge is 2.14. The minimum Gasteiger partial charge on any atom is -0.479 e. The van der Waals surface area contributed by atoms with Gasteiger partial charge in [-0.1, -0.05) is 13.8 Å². The summed E-state index contributed by atoms with van der Waals surface area (Å²) in [4.78, 5) is 11.3. The van der Waals surface area contributed by atoms with E-state index in [1.54, 1.807) is 0 Å². The molecule has 0 bridgehead atoms. The van der Waals surface area contributed by atoms with E-state index in [-0.39, 0.29) is 11.0 Å². The summed E-state index contributed by atoms with van der Waals surface area (Å²) >= 11 is 5.84. The number of ether oxygens (including phenoxy) is 1. The lowest BCUT2D eigenvalue weighted by atomic mass is 10.1. The van der Waals surface area contributed by atoms with E-state index in [2.05, 4.69) is 0 Å². The Morgan fingerprint density at radius 1 is 1.58 bits per heavy atom. The molecule has 0 aromatic heterocycles. The van der Waals surface area contributed by atoms with Crippen molar-refractivity contribution in [3.05, 3.63) is 0 Å². The van der Waals surface area contributed by atoms with Crippen LogP contribution in [0.2, 0.25) is 0 Å². The van der Waals surface area contributed by atoms with Crippen molar-refractivity contribution in [1.29, 1.82) is 0 Å². The fourth-order valence-corrected chi connectivity index (χ4v) is 1.57. The Labute approximate surface area is 83.1 Å². The van der Waals surface area contributed by atoms with Crippen molar-refractivity contribution in [2.24, 2.45) is 5.92 Å². The van der Waals surface area contributed by atoms with Crippen LogP contribution in [-0.2, 0) is 9.53 Å². The first-order valence-corrected chi connectivity index (χ1v) is 5.22. The predicted octanol–water partition coefficient (Wildman–Crippen LogP) is 2.61. The molecule has 0 radical (unpaired) electrons. The first-order chi connectivity index (χ1) is 5.61.